The van der Waals surface area contributed by atoms with E-state index in [0.717, 1.165) is 12.8 Å². The molecule has 0 aromatic rings. The average molecular weight is 246 g/mol. The smallest absolute Gasteiger partial charge is 0.306 e. The molecular formula is C13H26O4. The van der Waals surface area contributed by atoms with Crippen LogP contribution >= 0.6 is 0 Å². The van der Waals surface area contributed by atoms with Crippen LogP contribution in [0.5, 0.6) is 0 Å². The Labute approximate surface area is 105 Å². The molecule has 0 rings (SSSR count). The summed E-state index contributed by atoms with van der Waals surface area (Å²) in [5, 5.41) is 0. The fraction of sp³-hybridized carbons (Fsp3) is 0.923. The second-order valence-electron chi connectivity index (χ2n) is 4.21. The second-order valence-corrected chi connectivity index (χ2v) is 4.21. The van der Waals surface area contributed by atoms with Gasteiger partial charge < -0.3 is 14.2 Å². The van der Waals surface area contributed by atoms with Crippen molar-refractivity contribution in [1.29, 1.82) is 0 Å². The largest absolute Gasteiger partial charge is 0.460 e. The number of rotatable bonds is 10. The first-order chi connectivity index (χ1) is 8.10. The van der Waals surface area contributed by atoms with Crippen molar-refractivity contribution in [3.8, 4) is 0 Å². The zero-order valence-corrected chi connectivity index (χ0v) is 11.5. The molecule has 0 bridgehead atoms. The number of hydrogen-bond acceptors (Lipinski definition) is 4. The number of carbonyl (C=O) groups is 1. The van der Waals surface area contributed by atoms with Crippen molar-refractivity contribution in [3.05, 3.63) is 0 Å². The topological polar surface area (TPSA) is 44.8 Å². The Kier molecular flexibility index (Phi) is 10.2. The van der Waals surface area contributed by atoms with Gasteiger partial charge in [0.05, 0.1) is 19.3 Å². The molecule has 0 radical (unpaired) electrons. The lowest BCUT2D eigenvalue weighted by molar-refractivity contribution is -0.152. The van der Waals surface area contributed by atoms with E-state index in [1.807, 2.05) is 20.8 Å². The Morgan fingerprint density at radius 1 is 1.12 bits per heavy atom. The highest BCUT2D eigenvalue weighted by Gasteiger charge is 2.11. The Morgan fingerprint density at radius 2 is 1.82 bits per heavy atom. The lowest BCUT2D eigenvalue weighted by Crippen LogP contribution is -2.25. The van der Waals surface area contributed by atoms with Crippen molar-refractivity contribution >= 4 is 5.97 Å². The van der Waals surface area contributed by atoms with E-state index in [2.05, 4.69) is 6.92 Å². The molecule has 0 amide bonds. The Bertz CT molecular complexity index is 194. The van der Waals surface area contributed by atoms with Gasteiger partial charge in [-0.2, -0.15) is 0 Å². The summed E-state index contributed by atoms with van der Waals surface area (Å²) >= 11 is 0. The molecule has 4 heteroatoms. The van der Waals surface area contributed by atoms with Crippen LogP contribution in [0.3, 0.4) is 0 Å². The molecule has 0 aliphatic rings. The summed E-state index contributed by atoms with van der Waals surface area (Å²) in [5.41, 5.74) is 0. The molecule has 0 heterocycles. The quantitative estimate of drug-likeness (QED) is 0.556. The Balaban J connectivity index is 3.57. The first-order valence-electron chi connectivity index (χ1n) is 6.48. The Hall–Kier alpha value is -0.610. The van der Waals surface area contributed by atoms with Crippen LogP contribution in [0.1, 0.15) is 47.0 Å². The van der Waals surface area contributed by atoms with Crippen LogP contribution in [0.15, 0.2) is 0 Å². The molecule has 0 spiro atoms. The first-order valence-corrected chi connectivity index (χ1v) is 6.48. The minimum atomic E-state index is -0.191. The summed E-state index contributed by atoms with van der Waals surface area (Å²) in [7, 11) is 0. The van der Waals surface area contributed by atoms with E-state index < -0.39 is 0 Å². The van der Waals surface area contributed by atoms with E-state index in [9.17, 15) is 4.79 Å². The van der Waals surface area contributed by atoms with Gasteiger partial charge in [0.2, 0.25) is 0 Å². The van der Waals surface area contributed by atoms with Gasteiger partial charge in [0.15, 0.2) is 0 Å². The lowest BCUT2D eigenvalue weighted by atomic mass is 10.2. The zero-order chi connectivity index (χ0) is 13.1. The molecule has 102 valence electrons. The predicted octanol–water partition coefficient (Wildman–Crippen LogP) is 2.55. The van der Waals surface area contributed by atoms with Gasteiger partial charge in [-0.25, -0.2) is 0 Å². The van der Waals surface area contributed by atoms with Gasteiger partial charge in [-0.3, -0.25) is 4.79 Å². The van der Waals surface area contributed by atoms with Gasteiger partial charge in [0.1, 0.15) is 6.10 Å². The highest BCUT2D eigenvalue weighted by molar-refractivity contribution is 5.69. The fourth-order valence-electron chi connectivity index (χ4n) is 1.27. The van der Waals surface area contributed by atoms with E-state index in [4.69, 9.17) is 14.2 Å². The van der Waals surface area contributed by atoms with Crippen LogP contribution in [0, 0.1) is 0 Å². The van der Waals surface area contributed by atoms with Crippen molar-refractivity contribution in [1.82, 2.24) is 0 Å². The molecule has 4 nitrogen and oxygen atoms in total. The third-order valence-corrected chi connectivity index (χ3v) is 2.24. The summed E-state index contributed by atoms with van der Waals surface area (Å²) in [5.74, 6) is -0.139. The molecule has 0 aromatic carbocycles. The molecular weight excluding hydrogens is 220 g/mol. The SMILES string of the molecule is CCCCC(=O)OC(C)COC(C)COCC. The molecule has 0 aliphatic heterocycles. The second kappa shape index (κ2) is 10.5. The van der Waals surface area contributed by atoms with E-state index in [1.54, 1.807) is 0 Å². The number of esters is 1. The maximum atomic E-state index is 11.3. The van der Waals surface area contributed by atoms with Crippen LogP contribution in [-0.2, 0) is 19.0 Å². The van der Waals surface area contributed by atoms with E-state index in [-0.39, 0.29) is 18.2 Å². The van der Waals surface area contributed by atoms with Crippen LogP contribution in [0.25, 0.3) is 0 Å². The number of unbranched alkanes of at least 4 members (excludes halogenated alkanes) is 1. The summed E-state index contributed by atoms with van der Waals surface area (Å²) in [4.78, 5) is 11.3. The van der Waals surface area contributed by atoms with Gasteiger partial charge in [-0.1, -0.05) is 13.3 Å². The third kappa shape index (κ3) is 10.3. The minimum Gasteiger partial charge on any atom is -0.460 e. The van der Waals surface area contributed by atoms with Crippen molar-refractivity contribution in [3.63, 3.8) is 0 Å². The van der Waals surface area contributed by atoms with Gasteiger partial charge in [0.25, 0.3) is 0 Å². The van der Waals surface area contributed by atoms with Crippen molar-refractivity contribution in [2.45, 2.75) is 59.2 Å². The Morgan fingerprint density at radius 3 is 2.41 bits per heavy atom. The van der Waals surface area contributed by atoms with Gasteiger partial charge in [0, 0.05) is 13.0 Å². The zero-order valence-electron chi connectivity index (χ0n) is 11.5. The number of hydrogen-bond donors (Lipinski definition) is 0. The fourth-order valence-corrected chi connectivity index (χ4v) is 1.27. The minimum absolute atomic E-state index is 0.0340. The molecule has 2 unspecified atom stereocenters. The number of ether oxygens (including phenoxy) is 3. The van der Waals surface area contributed by atoms with Crippen LogP contribution in [-0.4, -0.2) is 38.0 Å². The first kappa shape index (κ1) is 16.4. The maximum absolute atomic E-state index is 11.3. The molecule has 17 heavy (non-hydrogen) atoms. The summed E-state index contributed by atoms with van der Waals surface area (Å²) in [6.07, 6.45) is 2.23. The van der Waals surface area contributed by atoms with Crippen molar-refractivity contribution in [2.75, 3.05) is 19.8 Å². The van der Waals surface area contributed by atoms with Gasteiger partial charge in [-0.15, -0.1) is 0 Å². The average Bonchev–Trinajstić information content (AvgIpc) is 2.31. The number of carbonyl (C=O) groups excluding carboxylic acids is 1. The lowest BCUT2D eigenvalue weighted by Gasteiger charge is -2.17. The highest BCUT2D eigenvalue weighted by Crippen LogP contribution is 2.02. The van der Waals surface area contributed by atoms with Gasteiger partial charge in [-0.05, 0) is 27.2 Å². The van der Waals surface area contributed by atoms with Crippen molar-refractivity contribution < 1.29 is 19.0 Å². The van der Waals surface area contributed by atoms with Gasteiger partial charge >= 0.3 is 5.97 Å². The molecule has 0 saturated carbocycles. The monoisotopic (exact) mass is 246 g/mol. The van der Waals surface area contributed by atoms with Crippen LogP contribution in [0.4, 0.5) is 0 Å². The summed E-state index contributed by atoms with van der Waals surface area (Å²) < 4.78 is 15.9. The van der Waals surface area contributed by atoms with E-state index in [1.165, 1.54) is 0 Å². The van der Waals surface area contributed by atoms with Crippen LogP contribution in [0.2, 0.25) is 0 Å². The normalized spacial score (nSPS) is 14.4. The molecule has 2 atom stereocenters. The molecule has 0 saturated heterocycles. The summed E-state index contributed by atoms with van der Waals surface area (Å²) in [6, 6.07) is 0. The van der Waals surface area contributed by atoms with Crippen LogP contribution < -0.4 is 0 Å². The highest BCUT2D eigenvalue weighted by atomic mass is 16.6. The van der Waals surface area contributed by atoms with E-state index in [0.29, 0.717) is 26.2 Å². The van der Waals surface area contributed by atoms with E-state index >= 15 is 0 Å². The standard InChI is InChI=1S/C13H26O4/c1-5-7-8-13(14)17-12(4)10-16-11(3)9-15-6-2/h11-12H,5-10H2,1-4H3. The van der Waals surface area contributed by atoms with Crippen molar-refractivity contribution in [2.24, 2.45) is 0 Å². The molecule has 0 aliphatic carbocycles. The molecule has 0 aromatic heterocycles. The predicted molar refractivity (Wildman–Crippen MR) is 67.0 cm³/mol. The maximum Gasteiger partial charge on any atom is 0.306 e. The molecule has 0 fully saturated rings. The molecule has 0 N–H and O–H groups in total. The summed E-state index contributed by atoms with van der Waals surface area (Å²) in [6.45, 7) is 9.48. The third-order valence-electron chi connectivity index (χ3n) is 2.24.